The number of nitriles is 1. The first kappa shape index (κ1) is 21.2. The molecule has 3 heterocycles. The largest absolute Gasteiger partial charge is 0.383 e. The maximum Gasteiger partial charge on any atom is 0.255 e. The van der Waals surface area contributed by atoms with Gasteiger partial charge in [0.1, 0.15) is 11.8 Å². The zero-order valence-corrected chi connectivity index (χ0v) is 17.0. The maximum atomic E-state index is 12.7. The molecule has 2 aliphatic rings. The smallest absolute Gasteiger partial charge is 0.255 e. The third-order valence-electron chi connectivity index (χ3n) is 5.82. The fraction of sp³-hybridized carbons (Fsp3) is 0.619. The molecule has 0 saturated carbocycles. The van der Waals surface area contributed by atoms with E-state index in [2.05, 4.69) is 15.2 Å². The number of likely N-dealkylation sites (tertiary alicyclic amines) is 2. The minimum atomic E-state index is -0.0329. The molecule has 0 bridgehead atoms. The molecular weight excluding hydrogens is 370 g/mol. The molecule has 1 N–H and O–H groups in total. The lowest BCUT2D eigenvalue weighted by Crippen LogP contribution is -2.51. The van der Waals surface area contributed by atoms with Crippen molar-refractivity contribution in [2.45, 2.75) is 31.7 Å². The van der Waals surface area contributed by atoms with Crippen LogP contribution in [0.25, 0.3) is 0 Å². The summed E-state index contributed by atoms with van der Waals surface area (Å²) >= 11 is 0. The molecule has 0 radical (unpaired) electrons. The number of nitrogens with one attached hydrogen (secondary N) is 1. The minimum Gasteiger partial charge on any atom is -0.383 e. The molecule has 8 heteroatoms. The lowest BCUT2D eigenvalue weighted by atomic mass is 9.93. The second kappa shape index (κ2) is 10.3. The van der Waals surface area contributed by atoms with Gasteiger partial charge in [-0.1, -0.05) is 0 Å². The molecule has 2 amide bonds. The number of ether oxygens (including phenoxy) is 1. The number of nitrogens with zero attached hydrogens (tertiary/aromatic N) is 4. The Balaban J connectivity index is 1.48. The third kappa shape index (κ3) is 5.52. The van der Waals surface area contributed by atoms with Crippen LogP contribution < -0.4 is 5.32 Å². The predicted octanol–water partition coefficient (Wildman–Crippen LogP) is 1.03. The summed E-state index contributed by atoms with van der Waals surface area (Å²) in [5, 5.41) is 11.8. The molecule has 8 nitrogen and oxygen atoms in total. The second-order valence-corrected chi connectivity index (χ2v) is 7.69. The zero-order valence-electron chi connectivity index (χ0n) is 17.0. The number of piperidine rings is 2. The zero-order chi connectivity index (χ0) is 20.6. The monoisotopic (exact) mass is 399 g/mol. The number of carbonyl (C=O) groups is 2. The summed E-state index contributed by atoms with van der Waals surface area (Å²) in [6.07, 6.45) is 5.25. The lowest BCUT2D eigenvalue weighted by molar-refractivity contribution is -0.127. The van der Waals surface area contributed by atoms with Crippen LogP contribution in [-0.2, 0) is 9.53 Å². The van der Waals surface area contributed by atoms with E-state index >= 15 is 0 Å². The highest BCUT2D eigenvalue weighted by Crippen LogP contribution is 2.24. The van der Waals surface area contributed by atoms with E-state index in [9.17, 15) is 9.59 Å². The SMILES string of the molecule is COCCNC(=O)C1CCCN(C2CCN(C(=O)c3ccc(C#N)nc3)CC2)C1. The van der Waals surface area contributed by atoms with E-state index < -0.39 is 0 Å². The fourth-order valence-electron chi connectivity index (χ4n) is 4.18. The van der Waals surface area contributed by atoms with E-state index in [1.807, 2.05) is 11.0 Å². The maximum absolute atomic E-state index is 12.7. The van der Waals surface area contributed by atoms with Gasteiger partial charge in [0.25, 0.3) is 5.91 Å². The summed E-state index contributed by atoms with van der Waals surface area (Å²) in [6, 6.07) is 5.61. The van der Waals surface area contributed by atoms with Crippen LogP contribution >= 0.6 is 0 Å². The Labute approximate surface area is 171 Å². The van der Waals surface area contributed by atoms with Crippen molar-refractivity contribution < 1.29 is 14.3 Å². The van der Waals surface area contributed by atoms with Crippen LogP contribution in [0.2, 0.25) is 0 Å². The van der Waals surface area contributed by atoms with Crippen molar-refractivity contribution in [2.24, 2.45) is 5.92 Å². The number of pyridine rings is 1. The molecule has 2 aliphatic heterocycles. The lowest BCUT2D eigenvalue weighted by Gasteiger charge is -2.42. The van der Waals surface area contributed by atoms with Gasteiger partial charge >= 0.3 is 0 Å². The van der Waals surface area contributed by atoms with Crippen LogP contribution in [0.5, 0.6) is 0 Å². The molecule has 1 aromatic heterocycles. The highest BCUT2D eigenvalue weighted by molar-refractivity contribution is 5.94. The summed E-state index contributed by atoms with van der Waals surface area (Å²) in [5.41, 5.74) is 0.833. The van der Waals surface area contributed by atoms with E-state index in [4.69, 9.17) is 10.00 Å². The molecule has 29 heavy (non-hydrogen) atoms. The van der Waals surface area contributed by atoms with Crippen LogP contribution in [0.1, 0.15) is 41.7 Å². The van der Waals surface area contributed by atoms with Gasteiger partial charge in [-0.25, -0.2) is 4.98 Å². The summed E-state index contributed by atoms with van der Waals surface area (Å²) in [6.45, 7) is 4.28. The van der Waals surface area contributed by atoms with Gasteiger partial charge in [0.2, 0.25) is 5.91 Å². The van der Waals surface area contributed by atoms with E-state index in [0.29, 0.717) is 43.5 Å². The summed E-state index contributed by atoms with van der Waals surface area (Å²) in [7, 11) is 1.63. The number of hydrogen-bond acceptors (Lipinski definition) is 6. The Morgan fingerprint density at radius 3 is 2.72 bits per heavy atom. The van der Waals surface area contributed by atoms with Crippen LogP contribution in [0.3, 0.4) is 0 Å². The average Bonchev–Trinajstić information content (AvgIpc) is 2.79. The van der Waals surface area contributed by atoms with Crippen molar-refractivity contribution in [1.82, 2.24) is 20.1 Å². The number of methoxy groups -OCH3 is 1. The van der Waals surface area contributed by atoms with Crippen LogP contribution in [0, 0.1) is 17.2 Å². The Bertz CT molecular complexity index is 738. The first-order valence-electron chi connectivity index (χ1n) is 10.3. The first-order chi connectivity index (χ1) is 14.1. The molecule has 2 fully saturated rings. The third-order valence-corrected chi connectivity index (χ3v) is 5.82. The summed E-state index contributed by atoms with van der Waals surface area (Å²) < 4.78 is 4.99. The van der Waals surface area contributed by atoms with E-state index in [1.54, 1.807) is 19.2 Å². The van der Waals surface area contributed by atoms with E-state index in [-0.39, 0.29) is 17.7 Å². The highest BCUT2D eigenvalue weighted by Gasteiger charge is 2.32. The van der Waals surface area contributed by atoms with Gasteiger partial charge in [-0.15, -0.1) is 0 Å². The number of aromatic nitrogens is 1. The first-order valence-corrected chi connectivity index (χ1v) is 10.3. The van der Waals surface area contributed by atoms with Gasteiger partial charge in [-0.3, -0.25) is 14.5 Å². The Morgan fingerprint density at radius 2 is 2.07 bits per heavy atom. The molecule has 1 atom stereocenters. The van der Waals surface area contributed by atoms with Gasteiger partial charge in [0, 0.05) is 45.5 Å². The van der Waals surface area contributed by atoms with Gasteiger partial charge in [-0.05, 0) is 44.4 Å². The second-order valence-electron chi connectivity index (χ2n) is 7.69. The number of carbonyl (C=O) groups excluding carboxylic acids is 2. The quantitative estimate of drug-likeness (QED) is 0.718. The number of hydrogen-bond donors (Lipinski definition) is 1. The molecule has 0 spiro atoms. The molecule has 156 valence electrons. The van der Waals surface area contributed by atoms with Gasteiger partial charge in [0.05, 0.1) is 18.1 Å². The number of amides is 2. The normalized spacial score (nSPS) is 20.8. The Morgan fingerprint density at radius 1 is 1.28 bits per heavy atom. The van der Waals surface area contributed by atoms with Crippen molar-refractivity contribution >= 4 is 11.8 Å². The van der Waals surface area contributed by atoms with Gasteiger partial charge < -0.3 is 15.0 Å². The van der Waals surface area contributed by atoms with Crippen LogP contribution in [0.4, 0.5) is 0 Å². The van der Waals surface area contributed by atoms with Crippen molar-refractivity contribution in [2.75, 3.05) is 46.4 Å². The van der Waals surface area contributed by atoms with Crippen LogP contribution in [-0.4, -0.2) is 79.1 Å². The van der Waals surface area contributed by atoms with Gasteiger partial charge in [0.15, 0.2) is 0 Å². The van der Waals surface area contributed by atoms with Gasteiger partial charge in [-0.2, -0.15) is 5.26 Å². The Kier molecular flexibility index (Phi) is 7.55. The molecule has 1 unspecified atom stereocenters. The minimum absolute atomic E-state index is 0.0324. The number of rotatable bonds is 6. The average molecular weight is 399 g/mol. The standard InChI is InChI=1S/C21H29N5O3/c1-29-12-8-23-20(27)17-3-2-9-26(15-17)19-6-10-25(11-7-19)21(28)16-4-5-18(13-22)24-14-16/h4-5,14,17,19H,2-3,6-12,15H2,1H3,(H,23,27). The van der Waals surface area contributed by atoms with E-state index in [0.717, 1.165) is 38.8 Å². The Hall–Kier alpha value is -2.50. The predicted molar refractivity (Wildman–Crippen MR) is 107 cm³/mol. The molecule has 0 aromatic carbocycles. The van der Waals surface area contributed by atoms with Crippen molar-refractivity contribution in [1.29, 1.82) is 5.26 Å². The highest BCUT2D eigenvalue weighted by atomic mass is 16.5. The van der Waals surface area contributed by atoms with E-state index in [1.165, 1.54) is 6.20 Å². The molecule has 2 saturated heterocycles. The molecular formula is C21H29N5O3. The topological polar surface area (TPSA) is 98.6 Å². The van der Waals surface area contributed by atoms with Crippen molar-refractivity contribution in [3.05, 3.63) is 29.6 Å². The fourth-order valence-corrected chi connectivity index (χ4v) is 4.18. The summed E-state index contributed by atoms with van der Waals surface area (Å²) in [4.78, 5) is 33.3. The molecule has 3 rings (SSSR count). The molecule has 1 aromatic rings. The molecule has 0 aliphatic carbocycles. The van der Waals surface area contributed by atoms with Crippen LogP contribution in [0.15, 0.2) is 18.3 Å². The van der Waals surface area contributed by atoms with Crippen molar-refractivity contribution in [3.8, 4) is 6.07 Å². The summed E-state index contributed by atoms with van der Waals surface area (Å²) in [5.74, 6) is 0.118. The van der Waals surface area contributed by atoms with Crippen molar-refractivity contribution in [3.63, 3.8) is 0 Å².